The highest BCUT2D eigenvalue weighted by molar-refractivity contribution is 7.89. The lowest BCUT2D eigenvalue weighted by atomic mass is 10.1. The molecule has 0 amide bonds. The molecule has 7 heteroatoms. The van der Waals surface area contributed by atoms with Crippen LogP contribution in [-0.2, 0) is 16.4 Å². The van der Waals surface area contributed by atoms with E-state index in [0.29, 0.717) is 36.6 Å². The van der Waals surface area contributed by atoms with Gasteiger partial charge in [0.25, 0.3) is 0 Å². The van der Waals surface area contributed by atoms with E-state index < -0.39 is 10.0 Å². The topological polar surface area (TPSA) is 56.4 Å². The fourth-order valence-electron chi connectivity index (χ4n) is 3.54. The van der Waals surface area contributed by atoms with Crippen LogP contribution in [0.25, 0.3) is 10.9 Å². The van der Waals surface area contributed by atoms with E-state index in [9.17, 15) is 12.8 Å². The van der Waals surface area contributed by atoms with Crippen LogP contribution in [0.1, 0.15) is 5.56 Å². The maximum absolute atomic E-state index is 13.1. The van der Waals surface area contributed by atoms with E-state index in [1.54, 1.807) is 34.8 Å². The highest BCUT2D eigenvalue weighted by Crippen LogP contribution is 2.25. The SMILES string of the molecule is O=S(=O)(c1cccc2cc[nH]c12)N1CCN(CCc2ccc(F)cc2)CC1. The summed E-state index contributed by atoms with van der Waals surface area (Å²) in [6.07, 6.45) is 2.59. The first-order chi connectivity index (χ1) is 13.0. The van der Waals surface area contributed by atoms with Crippen LogP contribution in [-0.4, -0.2) is 55.3 Å². The molecular weight excluding hydrogens is 365 g/mol. The zero-order chi connectivity index (χ0) is 18.9. The number of aromatic nitrogens is 1. The minimum absolute atomic E-state index is 0.227. The maximum atomic E-state index is 13.1. The van der Waals surface area contributed by atoms with Crippen molar-refractivity contribution in [1.82, 2.24) is 14.2 Å². The average Bonchev–Trinajstić information content (AvgIpc) is 3.16. The Morgan fingerprint density at radius 1 is 0.963 bits per heavy atom. The molecule has 0 bridgehead atoms. The van der Waals surface area contributed by atoms with Crippen molar-refractivity contribution in [2.24, 2.45) is 0 Å². The number of hydrogen-bond acceptors (Lipinski definition) is 3. The number of aromatic amines is 1. The molecule has 0 atom stereocenters. The number of hydrogen-bond donors (Lipinski definition) is 1. The minimum atomic E-state index is -3.52. The van der Waals surface area contributed by atoms with Gasteiger partial charge in [0.2, 0.25) is 10.0 Å². The van der Waals surface area contributed by atoms with Crippen molar-refractivity contribution in [3.8, 4) is 0 Å². The third-order valence-corrected chi connectivity index (χ3v) is 7.07. The van der Waals surface area contributed by atoms with Gasteiger partial charge in [0.05, 0.1) is 5.52 Å². The summed E-state index contributed by atoms with van der Waals surface area (Å²) in [5.41, 5.74) is 1.75. The van der Waals surface area contributed by atoms with Gasteiger partial charge in [-0.05, 0) is 36.2 Å². The van der Waals surface area contributed by atoms with Crippen LogP contribution in [0.4, 0.5) is 4.39 Å². The van der Waals surface area contributed by atoms with Gasteiger partial charge in [-0.1, -0.05) is 24.3 Å². The summed E-state index contributed by atoms with van der Waals surface area (Å²) in [7, 11) is -3.52. The first kappa shape index (κ1) is 18.2. The van der Waals surface area contributed by atoms with Crippen LogP contribution >= 0.6 is 0 Å². The number of nitrogens with zero attached hydrogens (tertiary/aromatic N) is 2. The first-order valence-electron chi connectivity index (χ1n) is 9.07. The summed E-state index contributed by atoms with van der Waals surface area (Å²) in [5, 5.41) is 0.897. The number of para-hydroxylation sites is 1. The molecule has 2 heterocycles. The van der Waals surface area contributed by atoms with Gasteiger partial charge in [-0.2, -0.15) is 4.31 Å². The largest absolute Gasteiger partial charge is 0.360 e. The van der Waals surface area contributed by atoms with Crippen LogP contribution in [0, 0.1) is 5.82 Å². The monoisotopic (exact) mass is 387 g/mol. The molecule has 1 fully saturated rings. The molecular formula is C20H22FN3O2S. The summed E-state index contributed by atoms with van der Waals surface area (Å²) in [6.45, 7) is 3.18. The summed E-state index contributed by atoms with van der Waals surface area (Å²) >= 11 is 0. The Balaban J connectivity index is 1.39. The second-order valence-corrected chi connectivity index (χ2v) is 8.73. The van der Waals surface area contributed by atoms with Crippen LogP contribution in [0.2, 0.25) is 0 Å². The van der Waals surface area contributed by atoms with Gasteiger partial charge in [0.1, 0.15) is 10.7 Å². The number of nitrogens with one attached hydrogen (secondary N) is 1. The van der Waals surface area contributed by atoms with Crippen molar-refractivity contribution in [2.75, 3.05) is 32.7 Å². The number of piperazine rings is 1. The number of sulfonamides is 1. The summed E-state index contributed by atoms with van der Waals surface area (Å²) in [6, 6.07) is 13.8. The molecule has 1 saturated heterocycles. The second kappa shape index (κ2) is 7.42. The highest BCUT2D eigenvalue weighted by atomic mass is 32.2. The van der Waals surface area contributed by atoms with E-state index in [2.05, 4.69) is 9.88 Å². The molecule has 1 aromatic heterocycles. The number of benzene rings is 2. The predicted octanol–water partition coefficient (Wildman–Crippen LogP) is 2.86. The Labute approximate surface area is 158 Å². The van der Waals surface area contributed by atoms with E-state index in [-0.39, 0.29) is 5.82 Å². The molecule has 0 aliphatic carbocycles. The van der Waals surface area contributed by atoms with Gasteiger partial charge in [0.15, 0.2) is 0 Å². The lowest BCUT2D eigenvalue weighted by Crippen LogP contribution is -2.49. The van der Waals surface area contributed by atoms with Crippen molar-refractivity contribution in [3.63, 3.8) is 0 Å². The molecule has 5 nitrogen and oxygen atoms in total. The van der Waals surface area contributed by atoms with Gasteiger partial charge in [-0.25, -0.2) is 12.8 Å². The standard InChI is InChI=1S/C20H22FN3O2S/c21-18-6-4-16(5-7-18)9-11-23-12-14-24(15-13-23)27(25,26)19-3-1-2-17-8-10-22-20(17)19/h1-8,10,22H,9,11-15H2. The van der Waals surface area contributed by atoms with Crippen LogP contribution in [0.15, 0.2) is 59.6 Å². The van der Waals surface area contributed by atoms with Crippen molar-refractivity contribution in [3.05, 3.63) is 66.1 Å². The fraction of sp³-hybridized carbons (Fsp3) is 0.300. The van der Waals surface area contributed by atoms with E-state index in [1.165, 1.54) is 12.1 Å². The summed E-state index contributed by atoms with van der Waals surface area (Å²) in [4.78, 5) is 5.63. The molecule has 4 rings (SSSR count). The van der Waals surface area contributed by atoms with E-state index in [1.807, 2.05) is 12.1 Å². The molecule has 1 N–H and O–H groups in total. The first-order valence-corrected chi connectivity index (χ1v) is 10.5. The van der Waals surface area contributed by atoms with Crippen molar-refractivity contribution >= 4 is 20.9 Å². The molecule has 142 valence electrons. The maximum Gasteiger partial charge on any atom is 0.245 e. The number of H-pyrrole nitrogens is 1. The fourth-order valence-corrected chi connectivity index (χ4v) is 5.15. The van der Waals surface area contributed by atoms with Gasteiger partial charge < -0.3 is 9.88 Å². The molecule has 0 radical (unpaired) electrons. The highest BCUT2D eigenvalue weighted by Gasteiger charge is 2.29. The molecule has 0 saturated carbocycles. The zero-order valence-electron chi connectivity index (χ0n) is 14.9. The molecule has 2 aromatic carbocycles. The number of rotatable bonds is 5. The third-order valence-electron chi connectivity index (χ3n) is 5.13. The van der Waals surface area contributed by atoms with E-state index in [0.717, 1.165) is 23.9 Å². The smallest absolute Gasteiger partial charge is 0.245 e. The number of fused-ring (bicyclic) bond motifs is 1. The van der Waals surface area contributed by atoms with Crippen LogP contribution in [0.5, 0.6) is 0 Å². The Bertz CT molecular complexity index is 1020. The van der Waals surface area contributed by atoms with Crippen molar-refractivity contribution < 1.29 is 12.8 Å². The molecule has 1 aliphatic heterocycles. The summed E-state index contributed by atoms with van der Waals surface area (Å²) < 4.78 is 40.7. The van der Waals surface area contributed by atoms with Gasteiger partial charge >= 0.3 is 0 Å². The molecule has 1 aliphatic rings. The second-order valence-electron chi connectivity index (χ2n) is 6.82. The van der Waals surface area contributed by atoms with Gasteiger partial charge in [-0.15, -0.1) is 0 Å². The average molecular weight is 387 g/mol. The lowest BCUT2D eigenvalue weighted by molar-refractivity contribution is 0.190. The Kier molecular flexibility index (Phi) is 4.99. The predicted molar refractivity (Wildman–Crippen MR) is 104 cm³/mol. The minimum Gasteiger partial charge on any atom is -0.360 e. The van der Waals surface area contributed by atoms with Crippen molar-refractivity contribution in [2.45, 2.75) is 11.3 Å². The normalized spacial score (nSPS) is 16.8. The Morgan fingerprint density at radius 2 is 1.70 bits per heavy atom. The van der Waals surface area contributed by atoms with E-state index in [4.69, 9.17) is 0 Å². The molecule has 27 heavy (non-hydrogen) atoms. The lowest BCUT2D eigenvalue weighted by Gasteiger charge is -2.34. The van der Waals surface area contributed by atoms with Crippen LogP contribution in [0.3, 0.4) is 0 Å². The van der Waals surface area contributed by atoms with Crippen LogP contribution < -0.4 is 0 Å². The Morgan fingerprint density at radius 3 is 2.44 bits per heavy atom. The number of halogens is 1. The van der Waals surface area contributed by atoms with Gasteiger partial charge in [0, 0.05) is 44.3 Å². The Hall–Kier alpha value is -2.22. The zero-order valence-corrected chi connectivity index (χ0v) is 15.8. The third kappa shape index (κ3) is 3.76. The van der Waals surface area contributed by atoms with Crippen molar-refractivity contribution in [1.29, 1.82) is 0 Å². The quantitative estimate of drug-likeness (QED) is 0.732. The van der Waals surface area contributed by atoms with E-state index >= 15 is 0 Å². The summed E-state index contributed by atoms with van der Waals surface area (Å²) in [5.74, 6) is -0.227. The molecule has 3 aromatic rings. The molecule has 0 unspecified atom stereocenters. The molecule has 0 spiro atoms. The van der Waals surface area contributed by atoms with Gasteiger partial charge in [-0.3, -0.25) is 0 Å².